The quantitative estimate of drug-likeness (QED) is 0.433. The fourth-order valence-electron chi connectivity index (χ4n) is 4.04. The van der Waals surface area contributed by atoms with Gasteiger partial charge in [0.2, 0.25) is 11.1 Å². The van der Waals surface area contributed by atoms with Gasteiger partial charge in [0, 0.05) is 17.7 Å². The number of Topliss-reactive ketones (excluding diaryl/α,β-unsaturated/α-hetero) is 1. The molecule has 1 aliphatic heterocycles. The number of nitrogens with zero attached hydrogens (tertiary/aromatic N) is 3. The van der Waals surface area contributed by atoms with E-state index in [4.69, 9.17) is 14.6 Å². The van der Waals surface area contributed by atoms with Gasteiger partial charge in [-0.25, -0.2) is 4.68 Å². The molecule has 1 unspecified atom stereocenters. The fraction of sp³-hybridized carbons (Fsp3) is 0.522. The molecule has 31 heavy (non-hydrogen) atoms. The van der Waals surface area contributed by atoms with Gasteiger partial charge in [0.1, 0.15) is 6.04 Å². The summed E-state index contributed by atoms with van der Waals surface area (Å²) >= 11 is 1.59. The summed E-state index contributed by atoms with van der Waals surface area (Å²) < 4.78 is 13.7. The lowest BCUT2D eigenvalue weighted by molar-refractivity contribution is -0.116. The first-order valence-corrected chi connectivity index (χ1v) is 12.2. The number of thioether (sulfide) groups is 1. The van der Waals surface area contributed by atoms with Crippen molar-refractivity contribution in [3.05, 3.63) is 35.0 Å². The van der Waals surface area contributed by atoms with E-state index in [9.17, 15) is 4.79 Å². The molecule has 1 N–H and O–H groups in total. The average Bonchev–Trinajstić information content (AvgIpc) is 3.16. The summed E-state index contributed by atoms with van der Waals surface area (Å²) in [7, 11) is 0. The van der Waals surface area contributed by atoms with Gasteiger partial charge in [0.05, 0.1) is 13.2 Å². The number of fused-ring (bicyclic) bond motifs is 1. The first kappa shape index (κ1) is 21.7. The molecule has 0 bridgehead atoms. The molecule has 1 aromatic carbocycles. The molecule has 1 aromatic heterocycles. The van der Waals surface area contributed by atoms with Crippen LogP contribution in [-0.4, -0.2) is 39.5 Å². The molecule has 7 nitrogen and oxygen atoms in total. The van der Waals surface area contributed by atoms with Crippen molar-refractivity contribution in [2.75, 3.05) is 24.3 Å². The normalized spacial score (nSPS) is 17.8. The first-order chi connectivity index (χ1) is 15.2. The molecule has 166 valence electrons. The standard InChI is InChI=1S/C23H30N4O3S/c1-4-7-13-30-18-12-11-15(14-19(18)29-5-2)21-20-16(9-8-10-17(20)28)24-22-25-23(31-6-3)26-27(21)22/h11-12,14,21H,4-10,13H2,1-3H3,(H,24,25,26). The third kappa shape index (κ3) is 4.44. The van der Waals surface area contributed by atoms with E-state index in [0.29, 0.717) is 36.5 Å². The van der Waals surface area contributed by atoms with Crippen molar-refractivity contribution >= 4 is 23.5 Å². The van der Waals surface area contributed by atoms with Crippen LogP contribution < -0.4 is 14.8 Å². The zero-order chi connectivity index (χ0) is 21.8. The molecule has 2 heterocycles. The Morgan fingerprint density at radius 1 is 1.19 bits per heavy atom. The van der Waals surface area contributed by atoms with Crippen LogP contribution in [0.5, 0.6) is 11.5 Å². The molecule has 0 fully saturated rings. The van der Waals surface area contributed by atoms with E-state index in [1.807, 2.05) is 29.8 Å². The van der Waals surface area contributed by atoms with Crippen LogP contribution in [-0.2, 0) is 4.79 Å². The molecule has 1 aliphatic carbocycles. The number of carbonyl (C=O) groups excluding carboxylic acids is 1. The van der Waals surface area contributed by atoms with Gasteiger partial charge in [-0.15, -0.1) is 5.10 Å². The number of ether oxygens (including phenoxy) is 2. The Labute approximate surface area is 187 Å². The topological polar surface area (TPSA) is 78.3 Å². The summed E-state index contributed by atoms with van der Waals surface area (Å²) in [6.45, 7) is 7.37. The highest BCUT2D eigenvalue weighted by Crippen LogP contribution is 2.42. The van der Waals surface area contributed by atoms with Gasteiger partial charge in [-0.2, -0.15) is 4.98 Å². The van der Waals surface area contributed by atoms with E-state index in [-0.39, 0.29) is 11.8 Å². The van der Waals surface area contributed by atoms with Crippen molar-refractivity contribution in [2.24, 2.45) is 0 Å². The van der Waals surface area contributed by atoms with E-state index in [1.165, 1.54) is 0 Å². The number of allylic oxidation sites excluding steroid dienone is 2. The number of ketones is 1. The van der Waals surface area contributed by atoms with Crippen LogP contribution in [0.4, 0.5) is 5.95 Å². The zero-order valence-electron chi connectivity index (χ0n) is 18.4. The smallest absolute Gasteiger partial charge is 0.227 e. The number of unbranched alkanes of at least 4 members (excludes halogenated alkanes) is 1. The maximum absolute atomic E-state index is 13.0. The van der Waals surface area contributed by atoms with Crippen LogP contribution in [0, 0.1) is 0 Å². The van der Waals surface area contributed by atoms with E-state index < -0.39 is 0 Å². The van der Waals surface area contributed by atoms with Crippen LogP contribution >= 0.6 is 11.8 Å². The third-order valence-corrected chi connectivity index (χ3v) is 6.18. The summed E-state index contributed by atoms with van der Waals surface area (Å²) in [6.07, 6.45) is 4.33. The van der Waals surface area contributed by atoms with Gasteiger partial charge in [-0.1, -0.05) is 38.1 Å². The third-order valence-electron chi connectivity index (χ3n) is 5.46. The van der Waals surface area contributed by atoms with E-state index in [1.54, 1.807) is 11.8 Å². The monoisotopic (exact) mass is 442 g/mol. The predicted molar refractivity (Wildman–Crippen MR) is 122 cm³/mol. The highest BCUT2D eigenvalue weighted by atomic mass is 32.2. The molecule has 0 amide bonds. The van der Waals surface area contributed by atoms with E-state index in [2.05, 4.69) is 24.1 Å². The Morgan fingerprint density at radius 3 is 2.84 bits per heavy atom. The molecule has 0 radical (unpaired) electrons. The summed E-state index contributed by atoms with van der Waals surface area (Å²) in [6, 6.07) is 5.64. The van der Waals surface area contributed by atoms with Crippen molar-refractivity contribution in [1.82, 2.24) is 14.8 Å². The molecule has 4 rings (SSSR count). The summed E-state index contributed by atoms with van der Waals surface area (Å²) in [4.78, 5) is 17.6. The Kier molecular flexibility index (Phi) is 6.85. The fourth-order valence-corrected chi connectivity index (χ4v) is 4.60. The first-order valence-electron chi connectivity index (χ1n) is 11.2. The maximum atomic E-state index is 13.0. The Balaban J connectivity index is 1.77. The van der Waals surface area contributed by atoms with Gasteiger partial charge >= 0.3 is 0 Å². The molecule has 0 saturated heterocycles. The highest BCUT2D eigenvalue weighted by Gasteiger charge is 2.37. The van der Waals surface area contributed by atoms with Crippen LogP contribution in [0.15, 0.2) is 34.6 Å². The second kappa shape index (κ2) is 9.77. The summed E-state index contributed by atoms with van der Waals surface area (Å²) in [5.41, 5.74) is 2.71. The van der Waals surface area contributed by atoms with E-state index in [0.717, 1.165) is 54.0 Å². The van der Waals surface area contributed by atoms with Crippen molar-refractivity contribution in [2.45, 2.75) is 64.1 Å². The lowest BCUT2D eigenvalue weighted by Crippen LogP contribution is -2.31. The number of hydrogen-bond acceptors (Lipinski definition) is 7. The second-order valence-corrected chi connectivity index (χ2v) is 8.86. The number of hydrogen-bond donors (Lipinski definition) is 1. The minimum atomic E-state index is -0.318. The molecular weight excluding hydrogens is 412 g/mol. The average molecular weight is 443 g/mol. The second-order valence-electron chi connectivity index (χ2n) is 7.63. The summed E-state index contributed by atoms with van der Waals surface area (Å²) in [5.74, 6) is 3.18. The number of benzene rings is 1. The van der Waals surface area contributed by atoms with Crippen molar-refractivity contribution in [3.63, 3.8) is 0 Å². The van der Waals surface area contributed by atoms with Crippen LogP contribution in [0.1, 0.15) is 64.5 Å². The Bertz CT molecular complexity index is 985. The number of nitrogens with one attached hydrogen (secondary N) is 1. The van der Waals surface area contributed by atoms with E-state index >= 15 is 0 Å². The van der Waals surface area contributed by atoms with Gasteiger partial charge in [0.15, 0.2) is 17.3 Å². The number of anilines is 1. The molecule has 0 spiro atoms. The largest absolute Gasteiger partial charge is 0.490 e. The van der Waals surface area contributed by atoms with Gasteiger partial charge in [-0.05, 0) is 49.6 Å². The Morgan fingerprint density at radius 2 is 2.06 bits per heavy atom. The molecule has 8 heteroatoms. The number of aromatic nitrogens is 3. The molecular formula is C23H30N4O3S. The Hall–Kier alpha value is -2.48. The highest BCUT2D eigenvalue weighted by molar-refractivity contribution is 7.99. The SMILES string of the molecule is CCCCOc1ccc(C2C3=C(CCCC3=O)Nc3nc(SCC)nn32)cc1OCC. The van der Waals surface area contributed by atoms with Gasteiger partial charge in [-0.3, -0.25) is 4.79 Å². The number of rotatable bonds is 9. The predicted octanol–water partition coefficient (Wildman–Crippen LogP) is 4.99. The lowest BCUT2D eigenvalue weighted by Gasteiger charge is -2.32. The minimum Gasteiger partial charge on any atom is -0.490 e. The van der Waals surface area contributed by atoms with Crippen LogP contribution in [0.3, 0.4) is 0 Å². The minimum absolute atomic E-state index is 0.172. The maximum Gasteiger partial charge on any atom is 0.227 e. The summed E-state index contributed by atoms with van der Waals surface area (Å²) in [5, 5.41) is 8.82. The lowest BCUT2D eigenvalue weighted by atomic mass is 9.85. The zero-order valence-corrected chi connectivity index (χ0v) is 19.3. The van der Waals surface area contributed by atoms with Crippen LogP contribution in [0.25, 0.3) is 0 Å². The molecule has 2 aliphatic rings. The molecule has 1 atom stereocenters. The van der Waals surface area contributed by atoms with Gasteiger partial charge < -0.3 is 14.8 Å². The van der Waals surface area contributed by atoms with Crippen molar-refractivity contribution in [1.29, 1.82) is 0 Å². The van der Waals surface area contributed by atoms with Gasteiger partial charge in [0.25, 0.3) is 0 Å². The van der Waals surface area contributed by atoms with Crippen LogP contribution in [0.2, 0.25) is 0 Å². The van der Waals surface area contributed by atoms with Crippen molar-refractivity contribution in [3.8, 4) is 11.5 Å². The molecule has 0 saturated carbocycles. The van der Waals surface area contributed by atoms with Crippen molar-refractivity contribution < 1.29 is 14.3 Å². The number of carbonyl (C=O) groups is 1. The molecule has 2 aromatic rings.